The van der Waals surface area contributed by atoms with E-state index in [9.17, 15) is 14.4 Å². The number of rotatable bonds is 7. The molecule has 7 heteroatoms. The third-order valence-corrected chi connectivity index (χ3v) is 6.99. The topological polar surface area (TPSA) is 79.0 Å². The standard InChI is InChI=1S/C28H35N3O4/c1-21-6-5-9-24(20-21)27(33)29-26(28(34)31-16-18-35-19-17-31)23-12-14-30(15-13-23)25(32)11-10-22-7-3-2-4-8-22/h2-9,20,23,26H,10-19H2,1H3,(H,29,33)/t26-/m1/s1. The van der Waals surface area contributed by atoms with Crippen LogP contribution >= 0.6 is 0 Å². The maximum atomic E-state index is 13.5. The Kier molecular flexibility index (Phi) is 8.53. The Morgan fingerprint density at radius 3 is 2.34 bits per heavy atom. The molecule has 0 spiro atoms. The molecule has 0 saturated carbocycles. The summed E-state index contributed by atoms with van der Waals surface area (Å²) in [6, 6.07) is 16.8. The summed E-state index contributed by atoms with van der Waals surface area (Å²) in [5, 5.41) is 3.04. The van der Waals surface area contributed by atoms with Crippen molar-refractivity contribution in [3.8, 4) is 0 Å². The van der Waals surface area contributed by atoms with Gasteiger partial charge in [0.15, 0.2) is 0 Å². The Bertz CT molecular complexity index is 1010. The number of ether oxygens (including phenoxy) is 1. The van der Waals surface area contributed by atoms with E-state index in [0.717, 1.165) is 17.5 Å². The van der Waals surface area contributed by atoms with Crippen molar-refractivity contribution in [1.29, 1.82) is 0 Å². The van der Waals surface area contributed by atoms with Crippen molar-refractivity contribution in [1.82, 2.24) is 15.1 Å². The fourth-order valence-electron chi connectivity index (χ4n) is 4.91. The predicted molar refractivity (Wildman–Crippen MR) is 134 cm³/mol. The first-order chi connectivity index (χ1) is 17.0. The number of amides is 3. The van der Waals surface area contributed by atoms with Gasteiger partial charge in [-0.25, -0.2) is 0 Å². The molecule has 35 heavy (non-hydrogen) atoms. The van der Waals surface area contributed by atoms with Gasteiger partial charge in [0.05, 0.1) is 13.2 Å². The molecule has 3 amide bonds. The maximum absolute atomic E-state index is 13.5. The number of carbonyl (C=O) groups excluding carboxylic acids is 3. The van der Waals surface area contributed by atoms with Gasteiger partial charge in [0.1, 0.15) is 6.04 Å². The third kappa shape index (κ3) is 6.69. The second-order valence-electron chi connectivity index (χ2n) is 9.46. The van der Waals surface area contributed by atoms with Gasteiger partial charge in [0.2, 0.25) is 11.8 Å². The van der Waals surface area contributed by atoms with E-state index in [1.165, 1.54) is 0 Å². The van der Waals surface area contributed by atoms with E-state index < -0.39 is 6.04 Å². The van der Waals surface area contributed by atoms with E-state index in [1.807, 2.05) is 60.4 Å². The van der Waals surface area contributed by atoms with Crippen molar-refractivity contribution in [2.75, 3.05) is 39.4 Å². The average Bonchev–Trinajstić information content (AvgIpc) is 2.91. The average molecular weight is 478 g/mol. The summed E-state index contributed by atoms with van der Waals surface area (Å²) in [7, 11) is 0. The molecule has 1 N–H and O–H groups in total. The molecule has 0 unspecified atom stereocenters. The lowest BCUT2D eigenvalue weighted by atomic mass is 9.87. The van der Waals surface area contributed by atoms with Gasteiger partial charge < -0.3 is 19.9 Å². The van der Waals surface area contributed by atoms with Crippen molar-refractivity contribution >= 4 is 17.7 Å². The molecule has 2 heterocycles. The Balaban J connectivity index is 1.39. The summed E-state index contributed by atoms with van der Waals surface area (Å²) in [4.78, 5) is 43.0. The monoisotopic (exact) mass is 477 g/mol. The highest BCUT2D eigenvalue weighted by Crippen LogP contribution is 2.24. The quantitative estimate of drug-likeness (QED) is 0.665. The fraction of sp³-hybridized carbons (Fsp3) is 0.464. The summed E-state index contributed by atoms with van der Waals surface area (Å²) in [5.74, 6) is -0.158. The third-order valence-electron chi connectivity index (χ3n) is 6.99. The molecular formula is C28H35N3O4. The number of benzene rings is 2. The smallest absolute Gasteiger partial charge is 0.251 e. The lowest BCUT2D eigenvalue weighted by Crippen LogP contribution is -2.56. The van der Waals surface area contributed by atoms with Crippen LogP contribution in [0.25, 0.3) is 0 Å². The van der Waals surface area contributed by atoms with Gasteiger partial charge in [-0.1, -0.05) is 48.0 Å². The van der Waals surface area contributed by atoms with Crippen molar-refractivity contribution in [3.05, 3.63) is 71.3 Å². The minimum atomic E-state index is -0.609. The Hall–Kier alpha value is -3.19. The van der Waals surface area contributed by atoms with Gasteiger partial charge in [-0.05, 0) is 49.8 Å². The van der Waals surface area contributed by atoms with Crippen LogP contribution in [-0.2, 0) is 20.7 Å². The molecule has 2 aliphatic heterocycles. The molecule has 2 fully saturated rings. The van der Waals surface area contributed by atoms with Crippen LogP contribution in [0.2, 0.25) is 0 Å². The SMILES string of the molecule is Cc1cccc(C(=O)N[C@@H](C(=O)N2CCOCC2)C2CCN(C(=O)CCc3ccccc3)CC2)c1. The highest BCUT2D eigenvalue weighted by atomic mass is 16.5. The van der Waals surface area contributed by atoms with E-state index >= 15 is 0 Å². The van der Waals surface area contributed by atoms with Crippen LogP contribution in [0.5, 0.6) is 0 Å². The summed E-state index contributed by atoms with van der Waals surface area (Å²) in [6.45, 7) is 5.24. The molecule has 2 aliphatic rings. The second kappa shape index (κ2) is 12.0. The molecule has 0 aromatic heterocycles. The first-order valence-electron chi connectivity index (χ1n) is 12.6. The number of hydrogen-bond acceptors (Lipinski definition) is 4. The zero-order valence-corrected chi connectivity index (χ0v) is 20.4. The number of aryl methyl sites for hydroxylation is 2. The molecule has 2 aromatic carbocycles. The molecule has 0 aliphatic carbocycles. The molecule has 0 radical (unpaired) electrons. The number of morpholine rings is 1. The highest BCUT2D eigenvalue weighted by Gasteiger charge is 2.36. The summed E-state index contributed by atoms with van der Waals surface area (Å²) < 4.78 is 5.41. The van der Waals surface area contributed by atoms with E-state index in [0.29, 0.717) is 64.2 Å². The van der Waals surface area contributed by atoms with E-state index in [4.69, 9.17) is 4.74 Å². The Morgan fingerprint density at radius 2 is 1.66 bits per heavy atom. The zero-order valence-electron chi connectivity index (χ0n) is 20.4. The van der Waals surface area contributed by atoms with E-state index in [1.54, 1.807) is 11.0 Å². The minimum absolute atomic E-state index is 0.0164. The first-order valence-corrected chi connectivity index (χ1v) is 12.6. The van der Waals surface area contributed by atoms with Gasteiger partial charge in [-0.3, -0.25) is 14.4 Å². The van der Waals surface area contributed by atoms with Crippen LogP contribution < -0.4 is 5.32 Å². The number of nitrogens with one attached hydrogen (secondary N) is 1. The van der Waals surface area contributed by atoms with Crippen LogP contribution in [0, 0.1) is 12.8 Å². The lowest BCUT2D eigenvalue weighted by molar-refractivity contribution is -0.139. The molecule has 7 nitrogen and oxygen atoms in total. The van der Waals surface area contributed by atoms with Crippen LogP contribution in [0.15, 0.2) is 54.6 Å². The van der Waals surface area contributed by atoms with Gasteiger partial charge in [-0.2, -0.15) is 0 Å². The molecule has 186 valence electrons. The van der Waals surface area contributed by atoms with Crippen molar-refractivity contribution in [2.24, 2.45) is 5.92 Å². The van der Waals surface area contributed by atoms with Gasteiger partial charge in [-0.15, -0.1) is 0 Å². The number of likely N-dealkylation sites (tertiary alicyclic amines) is 1. The molecule has 2 aromatic rings. The summed E-state index contributed by atoms with van der Waals surface area (Å²) in [6.07, 6.45) is 2.58. The van der Waals surface area contributed by atoms with Crippen molar-refractivity contribution < 1.29 is 19.1 Å². The summed E-state index contributed by atoms with van der Waals surface area (Å²) >= 11 is 0. The van der Waals surface area contributed by atoms with Gasteiger partial charge in [0, 0.05) is 38.2 Å². The molecule has 4 rings (SSSR count). The number of nitrogens with zero attached hydrogens (tertiary/aromatic N) is 2. The number of hydrogen-bond donors (Lipinski definition) is 1. The normalized spacial score (nSPS) is 17.6. The van der Waals surface area contributed by atoms with Gasteiger partial charge in [0.25, 0.3) is 5.91 Å². The Labute approximate surface area is 207 Å². The lowest BCUT2D eigenvalue weighted by Gasteiger charge is -2.38. The minimum Gasteiger partial charge on any atom is -0.378 e. The first kappa shape index (κ1) is 24.9. The second-order valence-corrected chi connectivity index (χ2v) is 9.46. The zero-order chi connectivity index (χ0) is 24.6. The van der Waals surface area contributed by atoms with Crippen LogP contribution in [-0.4, -0.2) is 73.0 Å². The van der Waals surface area contributed by atoms with Crippen molar-refractivity contribution in [2.45, 2.75) is 38.6 Å². The number of carbonyl (C=O) groups is 3. The highest BCUT2D eigenvalue weighted by molar-refractivity contribution is 5.97. The summed E-state index contributed by atoms with van der Waals surface area (Å²) in [5.41, 5.74) is 2.71. The Morgan fingerprint density at radius 1 is 0.943 bits per heavy atom. The van der Waals surface area contributed by atoms with E-state index in [-0.39, 0.29) is 23.6 Å². The van der Waals surface area contributed by atoms with Crippen LogP contribution in [0.4, 0.5) is 0 Å². The van der Waals surface area contributed by atoms with Crippen LogP contribution in [0.3, 0.4) is 0 Å². The largest absolute Gasteiger partial charge is 0.378 e. The fourth-order valence-corrected chi connectivity index (χ4v) is 4.91. The van der Waals surface area contributed by atoms with Crippen molar-refractivity contribution in [3.63, 3.8) is 0 Å². The van der Waals surface area contributed by atoms with Crippen LogP contribution in [0.1, 0.15) is 40.7 Å². The molecule has 2 saturated heterocycles. The molecule has 1 atom stereocenters. The maximum Gasteiger partial charge on any atom is 0.251 e. The molecule has 0 bridgehead atoms. The van der Waals surface area contributed by atoms with E-state index in [2.05, 4.69) is 5.32 Å². The predicted octanol–water partition coefficient (Wildman–Crippen LogP) is 2.82. The van der Waals surface area contributed by atoms with Gasteiger partial charge >= 0.3 is 0 Å². The molecular weight excluding hydrogens is 442 g/mol. The number of piperidine rings is 1.